The smallest absolute Gasteiger partial charge is 0.140 e. The van der Waals surface area contributed by atoms with Crippen molar-refractivity contribution in [2.24, 2.45) is 29.6 Å². The highest BCUT2D eigenvalue weighted by atomic mass is 79.9. The van der Waals surface area contributed by atoms with E-state index < -0.39 is 0 Å². The molecule has 0 radical (unpaired) electrons. The average Bonchev–Trinajstić information content (AvgIpc) is 2.35. The molecule has 4 fully saturated rings. The highest BCUT2D eigenvalue weighted by molar-refractivity contribution is 9.10. The molecule has 1 aromatic carbocycles. The number of hydrogen-bond acceptors (Lipinski definition) is 1. The normalized spacial score (nSPS) is 37.0. The molecule has 1 aromatic rings. The molecule has 0 atom stereocenters. The second-order valence-electron chi connectivity index (χ2n) is 7.38. The lowest BCUT2D eigenvalue weighted by molar-refractivity contribution is -0.135. The van der Waals surface area contributed by atoms with Gasteiger partial charge in [-0.15, -0.1) is 0 Å². The molecule has 0 saturated heterocycles. The fourth-order valence-corrected chi connectivity index (χ4v) is 6.00. The van der Waals surface area contributed by atoms with Crippen LogP contribution in [0.5, 0.6) is 0 Å². The molecular formula is C18H20BrFO. The van der Waals surface area contributed by atoms with E-state index in [1.165, 1.54) is 44.2 Å². The summed E-state index contributed by atoms with van der Waals surface area (Å²) in [5.74, 6) is 3.34. The van der Waals surface area contributed by atoms with Gasteiger partial charge < -0.3 is 0 Å². The standard InChI is InChI=1S/C18H20BrFO/c19-15-6-12(7-16(20)9-15)8-17(21)18-13-2-10-1-11(4-13)5-14(18)3-10/h6-7,9-11,13-14,18H,1-5,8H2. The summed E-state index contributed by atoms with van der Waals surface area (Å²) in [6.45, 7) is 0. The molecule has 3 heteroatoms. The monoisotopic (exact) mass is 350 g/mol. The first-order valence-electron chi connectivity index (χ1n) is 8.06. The first kappa shape index (κ1) is 13.9. The van der Waals surface area contributed by atoms with Gasteiger partial charge in [-0.05, 0) is 79.5 Å². The first-order valence-corrected chi connectivity index (χ1v) is 8.85. The minimum Gasteiger partial charge on any atom is -0.299 e. The molecule has 4 bridgehead atoms. The van der Waals surface area contributed by atoms with E-state index in [0.717, 1.165) is 21.9 Å². The number of rotatable bonds is 3. The summed E-state index contributed by atoms with van der Waals surface area (Å²) in [4.78, 5) is 12.8. The Morgan fingerprint density at radius 2 is 1.67 bits per heavy atom. The van der Waals surface area contributed by atoms with Crippen molar-refractivity contribution in [1.29, 1.82) is 0 Å². The Hall–Kier alpha value is -0.700. The van der Waals surface area contributed by atoms with Crippen molar-refractivity contribution in [3.63, 3.8) is 0 Å². The number of hydrogen-bond donors (Lipinski definition) is 0. The molecule has 4 aliphatic rings. The van der Waals surface area contributed by atoms with Crippen molar-refractivity contribution in [2.45, 2.75) is 38.5 Å². The summed E-state index contributed by atoms with van der Waals surface area (Å²) in [5.41, 5.74) is 0.806. The molecule has 0 aromatic heterocycles. The van der Waals surface area contributed by atoms with Gasteiger partial charge in [0.15, 0.2) is 0 Å². The molecule has 0 aliphatic heterocycles. The molecule has 4 saturated carbocycles. The van der Waals surface area contributed by atoms with Gasteiger partial charge in [0.25, 0.3) is 0 Å². The molecule has 1 nitrogen and oxygen atoms in total. The van der Waals surface area contributed by atoms with Gasteiger partial charge in [0, 0.05) is 16.8 Å². The predicted molar refractivity (Wildman–Crippen MR) is 83.3 cm³/mol. The van der Waals surface area contributed by atoms with Crippen LogP contribution in [0.1, 0.15) is 37.7 Å². The van der Waals surface area contributed by atoms with Crippen LogP contribution in [-0.4, -0.2) is 5.78 Å². The molecule has 5 rings (SSSR count). The Morgan fingerprint density at radius 1 is 1.05 bits per heavy atom. The lowest BCUT2D eigenvalue weighted by atomic mass is 9.51. The first-order chi connectivity index (χ1) is 10.1. The van der Waals surface area contributed by atoms with Crippen LogP contribution in [-0.2, 0) is 11.2 Å². The van der Waals surface area contributed by atoms with Crippen molar-refractivity contribution in [1.82, 2.24) is 0 Å². The zero-order valence-corrected chi connectivity index (χ0v) is 13.6. The SMILES string of the molecule is O=C(Cc1cc(F)cc(Br)c1)C1C2CC3CC(C2)CC1C3. The van der Waals surface area contributed by atoms with Crippen LogP contribution in [0.4, 0.5) is 4.39 Å². The minimum absolute atomic E-state index is 0.250. The van der Waals surface area contributed by atoms with Crippen molar-refractivity contribution < 1.29 is 9.18 Å². The zero-order chi connectivity index (χ0) is 14.6. The summed E-state index contributed by atoms with van der Waals surface area (Å²) in [6.07, 6.45) is 6.84. The Morgan fingerprint density at radius 3 is 2.24 bits per heavy atom. The number of halogens is 2. The van der Waals surface area contributed by atoms with Crippen LogP contribution in [0, 0.1) is 35.4 Å². The van der Waals surface area contributed by atoms with E-state index in [1.54, 1.807) is 0 Å². The van der Waals surface area contributed by atoms with Gasteiger partial charge in [0.05, 0.1) is 0 Å². The molecular weight excluding hydrogens is 331 g/mol. The maximum absolute atomic E-state index is 13.5. The molecule has 0 N–H and O–H groups in total. The van der Waals surface area contributed by atoms with Crippen LogP contribution < -0.4 is 0 Å². The van der Waals surface area contributed by atoms with Gasteiger partial charge in [0.2, 0.25) is 0 Å². The Labute approximate surface area is 133 Å². The fourth-order valence-electron chi connectivity index (χ4n) is 5.48. The van der Waals surface area contributed by atoms with Gasteiger partial charge in [-0.25, -0.2) is 4.39 Å². The largest absolute Gasteiger partial charge is 0.299 e. The van der Waals surface area contributed by atoms with Crippen molar-refractivity contribution in [3.05, 3.63) is 34.1 Å². The molecule has 0 spiro atoms. The lowest BCUT2D eigenvalue weighted by Crippen LogP contribution is -2.48. The molecule has 0 unspecified atom stereocenters. The molecule has 21 heavy (non-hydrogen) atoms. The van der Waals surface area contributed by atoms with Crippen molar-refractivity contribution >= 4 is 21.7 Å². The van der Waals surface area contributed by atoms with Gasteiger partial charge >= 0.3 is 0 Å². The Bertz CT molecular complexity index is 534. The maximum Gasteiger partial charge on any atom is 0.140 e. The van der Waals surface area contributed by atoms with E-state index in [1.807, 2.05) is 6.07 Å². The zero-order valence-electron chi connectivity index (χ0n) is 12.0. The second-order valence-corrected chi connectivity index (χ2v) is 8.29. The number of ketones is 1. The van der Waals surface area contributed by atoms with Gasteiger partial charge in [-0.1, -0.05) is 15.9 Å². The van der Waals surface area contributed by atoms with Crippen molar-refractivity contribution in [3.8, 4) is 0 Å². The third-order valence-electron chi connectivity index (χ3n) is 5.90. The van der Waals surface area contributed by atoms with E-state index in [0.29, 0.717) is 24.0 Å². The average molecular weight is 351 g/mol. The van der Waals surface area contributed by atoms with E-state index in [9.17, 15) is 9.18 Å². The third-order valence-corrected chi connectivity index (χ3v) is 6.36. The van der Waals surface area contributed by atoms with Gasteiger partial charge in [0.1, 0.15) is 11.6 Å². The topological polar surface area (TPSA) is 17.1 Å². The van der Waals surface area contributed by atoms with Crippen LogP contribution in [0.15, 0.2) is 22.7 Å². The second kappa shape index (κ2) is 5.19. The van der Waals surface area contributed by atoms with E-state index in [-0.39, 0.29) is 11.7 Å². The van der Waals surface area contributed by atoms with Crippen LogP contribution in [0.2, 0.25) is 0 Å². The Balaban J connectivity index is 1.52. The summed E-state index contributed by atoms with van der Waals surface area (Å²) in [6, 6.07) is 4.81. The highest BCUT2D eigenvalue weighted by Crippen LogP contribution is 2.56. The van der Waals surface area contributed by atoms with Crippen LogP contribution in [0.3, 0.4) is 0 Å². The van der Waals surface area contributed by atoms with Crippen LogP contribution >= 0.6 is 15.9 Å². The summed E-state index contributed by atoms with van der Waals surface area (Å²) >= 11 is 3.31. The maximum atomic E-state index is 13.5. The summed E-state index contributed by atoms with van der Waals surface area (Å²) in [5, 5.41) is 0. The van der Waals surface area contributed by atoms with Gasteiger partial charge in [-0.2, -0.15) is 0 Å². The number of carbonyl (C=O) groups excluding carboxylic acids is 1. The fraction of sp³-hybridized carbons (Fsp3) is 0.611. The highest BCUT2D eigenvalue weighted by Gasteiger charge is 2.50. The molecule has 0 heterocycles. The summed E-state index contributed by atoms with van der Waals surface area (Å²) in [7, 11) is 0. The number of Topliss-reactive ketones (excluding diaryl/α,β-unsaturated/α-hetero) is 1. The molecule has 4 aliphatic carbocycles. The summed E-state index contributed by atoms with van der Waals surface area (Å²) < 4.78 is 14.2. The molecule has 0 amide bonds. The van der Waals surface area contributed by atoms with Gasteiger partial charge in [-0.3, -0.25) is 4.79 Å². The number of benzene rings is 1. The van der Waals surface area contributed by atoms with E-state index in [2.05, 4.69) is 15.9 Å². The van der Waals surface area contributed by atoms with Crippen LogP contribution in [0.25, 0.3) is 0 Å². The third kappa shape index (κ3) is 2.58. The quantitative estimate of drug-likeness (QED) is 0.767. The lowest BCUT2D eigenvalue weighted by Gasteiger charge is -2.53. The predicted octanol–water partition coefficient (Wildman–Crippen LogP) is 4.77. The molecule has 112 valence electrons. The Kier molecular flexibility index (Phi) is 3.44. The van der Waals surface area contributed by atoms with E-state index in [4.69, 9.17) is 0 Å². The minimum atomic E-state index is -0.266. The van der Waals surface area contributed by atoms with Crippen molar-refractivity contribution in [2.75, 3.05) is 0 Å². The van der Waals surface area contributed by atoms with E-state index >= 15 is 0 Å². The number of carbonyl (C=O) groups is 1.